The Labute approximate surface area is 93.7 Å². The first-order valence-corrected chi connectivity index (χ1v) is 5.05. The number of benzene rings is 1. The van der Waals surface area contributed by atoms with E-state index in [4.69, 9.17) is 0 Å². The molecule has 0 fully saturated rings. The number of H-pyrrole nitrogens is 1. The molecule has 2 aromatic rings. The molecule has 0 aliphatic heterocycles. The summed E-state index contributed by atoms with van der Waals surface area (Å²) >= 11 is 0. The zero-order valence-corrected chi connectivity index (χ0v) is 9.24. The largest absolute Gasteiger partial charge is 0.307 e. The van der Waals surface area contributed by atoms with Crippen LogP contribution in [0.3, 0.4) is 0 Å². The maximum Gasteiger partial charge on any atom is 0.257 e. The fraction of sp³-hybridized carbons (Fsp3) is 0.167. The van der Waals surface area contributed by atoms with Crippen LogP contribution in [0.1, 0.15) is 21.5 Å². The van der Waals surface area contributed by atoms with Crippen LogP contribution in [0.25, 0.3) is 0 Å². The molecule has 0 bridgehead atoms. The molecule has 2 N–H and O–H groups in total. The van der Waals surface area contributed by atoms with E-state index < -0.39 is 0 Å². The fourth-order valence-electron chi connectivity index (χ4n) is 1.50. The van der Waals surface area contributed by atoms with Crippen molar-refractivity contribution in [1.82, 2.24) is 10.2 Å². The lowest BCUT2D eigenvalue weighted by Crippen LogP contribution is -2.13. The molecule has 1 aromatic heterocycles. The molecule has 4 nitrogen and oxygen atoms in total. The zero-order valence-electron chi connectivity index (χ0n) is 9.24. The van der Waals surface area contributed by atoms with Crippen molar-refractivity contribution in [1.29, 1.82) is 0 Å². The molecule has 1 aromatic carbocycles. The predicted octanol–water partition coefficient (Wildman–Crippen LogP) is 2.28. The highest BCUT2D eigenvalue weighted by Crippen LogP contribution is 2.12. The summed E-state index contributed by atoms with van der Waals surface area (Å²) in [6.07, 6.45) is 1.60. The van der Waals surface area contributed by atoms with Crippen LogP contribution in [0.2, 0.25) is 0 Å². The lowest BCUT2D eigenvalue weighted by molar-refractivity contribution is 0.102. The highest BCUT2D eigenvalue weighted by Gasteiger charge is 2.09. The Kier molecular flexibility index (Phi) is 2.72. The molecule has 1 amide bonds. The molecule has 0 aliphatic carbocycles. The second-order valence-electron chi connectivity index (χ2n) is 3.74. The number of carbonyl (C=O) groups excluding carboxylic acids is 1. The topological polar surface area (TPSA) is 57.8 Å². The molecule has 16 heavy (non-hydrogen) atoms. The van der Waals surface area contributed by atoms with E-state index in [1.165, 1.54) is 0 Å². The van der Waals surface area contributed by atoms with E-state index in [0.717, 1.165) is 11.1 Å². The number of rotatable bonds is 2. The summed E-state index contributed by atoms with van der Waals surface area (Å²) in [5.41, 5.74) is 2.72. The van der Waals surface area contributed by atoms with Crippen molar-refractivity contribution in [2.45, 2.75) is 13.8 Å². The highest BCUT2D eigenvalue weighted by molar-refractivity contribution is 6.04. The number of hydrogen-bond donors (Lipinski definition) is 2. The normalized spacial score (nSPS) is 10.1. The second kappa shape index (κ2) is 4.18. The van der Waals surface area contributed by atoms with Crippen LogP contribution in [0.4, 0.5) is 5.82 Å². The van der Waals surface area contributed by atoms with Crippen molar-refractivity contribution >= 4 is 11.7 Å². The van der Waals surface area contributed by atoms with E-state index in [2.05, 4.69) is 15.5 Å². The highest BCUT2D eigenvalue weighted by atomic mass is 16.1. The SMILES string of the molecule is Cc1ccc(C)c(C(=O)Nc2ccn[nH]2)c1. The van der Waals surface area contributed by atoms with Gasteiger partial charge in [-0.15, -0.1) is 0 Å². The average Bonchev–Trinajstić information content (AvgIpc) is 2.74. The van der Waals surface area contributed by atoms with Crippen molar-refractivity contribution in [2.75, 3.05) is 5.32 Å². The van der Waals surface area contributed by atoms with E-state index >= 15 is 0 Å². The molecule has 0 unspecified atom stereocenters. The van der Waals surface area contributed by atoms with Crippen LogP contribution in [0.15, 0.2) is 30.5 Å². The Balaban J connectivity index is 2.24. The van der Waals surface area contributed by atoms with Crippen molar-refractivity contribution in [3.63, 3.8) is 0 Å². The number of aromatic nitrogens is 2. The summed E-state index contributed by atoms with van der Waals surface area (Å²) in [5.74, 6) is 0.483. The van der Waals surface area contributed by atoms with Gasteiger partial charge in [0, 0.05) is 11.6 Å². The lowest BCUT2D eigenvalue weighted by Gasteiger charge is -2.06. The molecule has 0 saturated heterocycles. The number of anilines is 1. The van der Waals surface area contributed by atoms with E-state index in [1.807, 2.05) is 32.0 Å². The van der Waals surface area contributed by atoms with Gasteiger partial charge in [0.15, 0.2) is 0 Å². The van der Waals surface area contributed by atoms with Gasteiger partial charge >= 0.3 is 0 Å². The van der Waals surface area contributed by atoms with Crippen LogP contribution in [-0.4, -0.2) is 16.1 Å². The van der Waals surface area contributed by atoms with E-state index in [9.17, 15) is 4.79 Å². The maximum absolute atomic E-state index is 11.9. The summed E-state index contributed by atoms with van der Waals surface area (Å²) < 4.78 is 0. The molecule has 0 spiro atoms. The van der Waals surface area contributed by atoms with Crippen molar-refractivity contribution in [3.8, 4) is 0 Å². The molecule has 82 valence electrons. The van der Waals surface area contributed by atoms with E-state index in [-0.39, 0.29) is 5.91 Å². The third kappa shape index (κ3) is 2.11. The summed E-state index contributed by atoms with van der Waals surface area (Å²) in [6, 6.07) is 7.52. The first-order valence-electron chi connectivity index (χ1n) is 5.05. The van der Waals surface area contributed by atoms with Crippen LogP contribution in [-0.2, 0) is 0 Å². The summed E-state index contributed by atoms with van der Waals surface area (Å²) in [5, 5.41) is 9.21. The van der Waals surface area contributed by atoms with Gasteiger partial charge in [-0.1, -0.05) is 17.7 Å². The monoisotopic (exact) mass is 215 g/mol. The van der Waals surface area contributed by atoms with Crippen LogP contribution >= 0.6 is 0 Å². The van der Waals surface area contributed by atoms with Crippen LogP contribution in [0, 0.1) is 13.8 Å². The molecule has 0 aliphatic rings. The number of nitrogens with zero attached hydrogens (tertiary/aromatic N) is 1. The molecule has 0 radical (unpaired) electrons. The molecule has 1 heterocycles. The maximum atomic E-state index is 11.9. The third-order valence-electron chi connectivity index (χ3n) is 2.39. The predicted molar refractivity (Wildman–Crippen MR) is 62.5 cm³/mol. The quantitative estimate of drug-likeness (QED) is 0.807. The van der Waals surface area contributed by atoms with Crippen molar-refractivity contribution < 1.29 is 4.79 Å². The standard InChI is InChI=1S/C12H13N3O/c1-8-3-4-9(2)10(7-8)12(16)14-11-5-6-13-15-11/h3-7H,1-2H3,(H2,13,14,15,16). The number of aryl methyl sites for hydroxylation is 2. The van der Waals surface area contributed by atoms with Gasteiger partial charge in [0.2, 0.25) is 0 Å². The van der Waals surface area contributed by atoms with Gasteiger partial charge in [-0.05, 0) is 25.5 Å². The minimum atomic E-state index is -0.120. The Morgan fingerprint density at radius 3 is 2.81 bits per heavy atom. The molecule has 0 saturated carbocycles. The van der Waals surface area contributed by atoms with Crippen LogP contribution in [0.5, 0.6) is 0 Å². The van der Waals surface area contributed by atoms with E-state index in [1.54, 1.807) is 12.3 Å². The van der Waals surface area contributed by atoms with Gasteiger partial charge in [-0.3, -0.25) is 9.89 Å². The molecular weight excluding hydrogens is 202 g/mol. The first-order chi connectivity index (χ1) is 7.66. The lowest BCUT2D eigenvalue weighted by atomic mass is 10.1. The van der Waals surface area contributed by atoms with Gasteiger partial charge in [0.05, 0.1) is 6.20 Å². The first kappa shape index (κ1) is 10.4. The van der Waals surface area contributed by atoms with Gasteiger partial charge in [-0.25, -0.2) is 0 Å². The average molecular weight is 215 g/mol. The number of aromatic amines is 1. The smallest absolute Gasteiger partial charge is 0.257 e. The Bertz CT molecular complexity index is 503. The zero-order chi connectivity index (χ0) is 11.5. The minimum absolute atomic E-state index is 0.120. The molecule has 0 atom stereocenters. The van der Waals surface area contributed by atoms with Gasteiger partial charge in [0.1, 0.15) is 5.82 Å². The number of nitrogens with one attached hydrogen (secondary N) is 2. The number of hydrogen-bond acceptors (Lipinski definition) is 2. The van der Waals surface area contributed by atoms with E-state index in [0.29, 0.717) is 11.4 Å². The van der Waals surface area contributed by atoms with Crippen molar-refractivity contribution in [2.24, 2.45) is 0 Å². The summed E-state index contributed by atoms with van der Waals surface area (Å²) in [4.78, 5) is 11.9. The minimum Gasteiger partial charge on any atom is -0.307 e. The van der Waals surface area contributed by atoms with Crippen LogP contribution < -0.4 is 5.32 Å². The Hall–Kier alpha value is -2.10. The molecule has 2 rings (SSSR count). The summed E-state index contributed by atoms with van der Waals surface area (Å²) in [6.45, 7) is 3.88. The third-order valence-corrected chi connectivity index (χ3v) is 2.39. The fourth-order valence-corrected chi connectivity index (χ4v) is 1.50. The van der Waals surface area contributed by atoms with Gasteiger partial charge in [0.25, 0.3) is 5.91 Å². The molecule has 4 heteroatoms. The molecular formula is C12H13N3O. The number of carbonyl (C=O) groups is 1. The Morgan fingerprint density at radius 2 is 2.12 bits per heavy atom. The van der Waals surface area contributed by atoms with Gasteiger partial charge < -0.3 is 5.32 Å². The summed E-state index contributed by atoms with van der Waals surface area (Å²) in [7, 11) is 0. The number of amides is 1. The van der Waals surface area contributed by atoms with Crippen molar-refractivity contribution in [3.05, 3.63) is 47.2 Å². The Morgan fingerprint density at radius 1 is 1.31 bits per heavy atom. The van der Waals surface area contributed by atoms with Gasteiger partial charge in [-0.2, -0.15) is 5.10 Å². The second-order valence-corrected chi connectivity index (χ2v) is 3.74.